The maximum atomic E-state index is 13.3. The number of piperidine rings is 3. The van der Waals surface area contributed by atoms with Gasteiger partial charge in [-0.2, -0.15) is 20.4 Å². The number of amides is 4. The molecular weight excluding hydrogens is 1960 g/mol. The number of nitrogens with zero attached hydrogens (tertiary/aromatic N) is 8. The highest BCUT2D eigenvalue weighted by atomic mass is 35.5. The number of carbonyl (C=O) groups excluding carboxylic acids is 4. The number of rotatable bonds is 16. The second-order valence-corrected chi connectivity index (χ2v) is 42.0. The summed E-state index contributed by atoms with van der Waals surface area (Å²) >= 11 is 56.3. The highest BCUT2D eigenvalue weighted by Crippen LogP contribution is 2.43. The molecule has 11 heterocycles. The molecule has 18 rings (SSSR count). The summed E-state index contributed by atoms with van der Waals surface area (Å²) in [5, 5.41) is 35.1. The summed E-state index contributed by atoms with van der Waals surface area (Å²) in [6, 6.07) is 37.0. The topological polar surface area (TPSA) is 266 Å². The highest BCUT2D eigenvalue weighted by Gasteiger charge is 2.30. The molecule has 0 bridgehead atoms. The quantitative estimate of drug-likeness (QED) is 0.0353. The van der Waals surface area contributed by atoms with Gasteiger partial charge in [-0.15, -0.1) is 45.3 Å². The number of halogens is 8. The van der Waals surface area contributed by atoms with Crippen LogP contribution in [0.4, 0.5) is 0 Å². The molecule has 3 saturated heterocycles. The van der Waals surface area contributed by atoms with Crippen molar-refractivity contribution in [2.24, 2.45) is 29.0 Å². The van der Waals surface area contributed by atoms with Crippen LogP contribution in [0.25, 0.3) is 65.0 Å². The summed E-state index contributed by atoms with van der Waals surface area (Å²) < 4.78 is 6.73. The molecule has 6 aliphatic rings. The van der Waals surface area contributed by atoms with E-state index in [1.807, 2.05) is 70.2 Å². The van der Waals surface area contributed by atoms with Crippen molar-refractivity contribution in [2.45, 2.75) is 221 Å². The molecule has 0 radical (unpaired) electrons. The van der Waals surface area contributed by atoms with E-state index >= 15 is 0 Å². The fourth-order valence-electron chi connectivity index (χ4n) is 16.6. The van der Waals surface area contributed by atoms with E-state index in [1.165, 1.54) is 166 Å². The number of primary amides is 3. The third kappa shape index (κ3) is 30.2. The van der Waals surface area contributed by atoms with Crippen LogP contribution in [-0.4, -0.2) is 108 Å². The molecule has 3 aliphatic carbocycles. The lowest BCUT2D eigenvalue weighted by molar-refractivity contribution is 0.0919. The van der Waals surface area contributed by atoms with Crippen LogP contribution in [0.1, 0.15) is 271 Å². The van der Waals surface area contributed by atoms with E-state index in [0.29, 0.717) is 97.2 Å². The smallest absolute Gasteiger partial charge is 0.272 e. The van der Waals surface area contributed by atoms with Gasteiger partial charge in [0.1, 0.15) is 0 Å². The van der Waals surface area contributed by atoms with Gasteiger partial charge in [0, 0.05) is 73.1 Å². The molecule has 6 fully saturated rings. The van der Waals surface area contributed by atoms with Crippen LogP contribution < -0.4 is 38.5 Å². The number of benzene rings is 4. The maximum absolute atomic E-state index is 13.3. The van der Waals surface area contributed by atoms with E-state index in [2.05, 4.69) is 110 Å². The summed E-state index contributed by atoms with van der Waals surface area (Å²) in [6.45, 7) is 19.2. The number of nitrogens with two attached hydrogens (primary N) is 3. The van der Waals surface area contributed by atoms with Crippen LogP contribution in [-0.2, 0) is 0 Å². The summed E-state index contributed by atoms with van der Waals surface area (Å²) in [7, 11) is 0. The van der Waals surface area contributed by atoms with Crippen molar-refractivity contribution < 1.29 is 19.2 Å². The normalized spacial score (nSPS) is 14.6. The average molecular weight is 2080 g/mol. The lowest BCUT2D eigenvalue weighted by Gasteiger charge is -2.22. The average Bonchev–Trinajstić information content (AvgIpc) is 1.64. The van der Waals surface area contributed by atoms with Crippen molar-refractivity contribution >= 4 is 162 Å². The van der Waals surface area contributed by atoms with E-state index in [1.54, 1.807) is 119 Å². The van der Waals surface area contributed by atoms with Gasteiger partial charge in [-0.1, -0.05) is 225 Å². The molecular formula is C106H117Cl8N15O4S4. The molecule has 137 heavy (non-hydrogen) atoms. The van der Waals surface area contributed by atoms with E-state index in [0.717, 1.165) is 125 Å². The summed E-state index contributed by atoms with van der Waals surface area (Å²) in [5.74, 6) is 25.4. The van der Waals surface area contributed by atoms with Crippen LogP contribution in [0.5, 0.6) is 0 Å². The molecule has 3 aliphatic heterocycles. The van der Waals surface area contributed by atoms with Crippen molar-refractivity contribution in [1.82, 2.24) is 60.4 Å². The lowest BCUT2D eigenvalue weighted by atomic mass is 9.95. The summed E-state index contributed by atoms with van der Waals surface area (Å²) in [5.41, 5.74) is 26.4. The first-order valence-electron chi connectivity index (χ1n) is 47.2. The van der Waals surface area contributed by atoms with Gasteiger partial charge < -0.3 is 38.5 Å². The number of carbonyl (C=O) groups is 4. The number of aromatic nitrogens is 8. The Kier molecular flexibility index (Phi) is 42.1. The lowest BCUT2D eigenvalue weighted by Crippen LogP contribution is -2.36. The van der Waals surface area contributed by atoms with Crippen LogP contribution in [0.15, 0.2) is 121 Å². The van der Waals surface area contributed by atoms with Crippen molar-refractivity contribution in [2.75, 3.05) is 39.3 Å². The first-order chi connectivity index (χ1) is 66.3. The molecule has 0 unspecified atom stereocenters. The molecule has 0 spiro atoms. The van der Waals surface area contributed by atoms with Gasteiger partial charge >= 0.3 is 0 Å². The van der Waals surface area contributed by atoms with Gasteiger partial charge in [0.05, 0.1) is 105 Å². The van der Waals surface area contributed by atoms with Gasteiger partial charge in [-0.25, -0.2) is 18.7 Å². The molecule has 10 N–H and O–H groups in total. The Morgan fingerprint density at radius 3 is 0.905 bits per heavy atom. The van der Waals surface area contributed by atoms with E-state index in [4.69, 9.17) is 115 Å². The fraction of sp³-hybridized carbons (Fsp3) is 0.396. The van der Waals surface area contributed by atoms with Gasteiger partial charge in [0.2, 0.25) is 0 Å². The Bertz CT molecular complexity index is 6350. The Hall–Kier alpha value is -9.16. The molecule has 31 heteroatoms. The van der Waals surface area contributed by atoms with Gasteiger partial charge in [0.25, 0.3) is 23.6 Å². The zero-order valence-electron chi connectivity index (χ0n) is 78.2. The zero-order valence-corrected chi connectivity index (χ0v) is 87.5. The molecule has 4 aromatic carbocycles. The number of nitrogens with one attached hydrogen (secondary N) is 4. The molecule has 4 amide bonds. The second kappa shape index (κ2) is 54.0. The van der Waals surface area contributed by atoms with Gasteiger partial charge in [0.15, 0.2) is 22.8 Å². The van der Waals surface area contributed by atoms with Crippen LogP contribution in [0.2, 0.25) is 40.2 Å². The molecule has 8 aromatic heterocycles. The SMILES string of the molecule is C1CCNCC1.C1CCNCC1.C1CCNCC1.CCCC#Cc1ccc(-c2c(C)c(C(N)=O)nn2-c2ccc(Cl)cc2Cl)s1.CCCCC#Cc1ccc(-c2c(C)c(C(N)=O)nn2-c2ccc(Cl)cc2Cl)s1.Cc1c(C(=O)NC2CCCCC2)nn(-c2ccc(Cl)cc2Cl)c1-c1ccc(C#CC2CCCC2)s1.Cc1c(C(N)=O)nn(-c2ccc(Cl)cc2Cl)c1-c1ccc(C#CC2CCCC2)s1. The minimum Gasteiger partial charge on any atom is -0.364 e. The minimum absolute atomic E-state index is 0.128. The first kappa shape index (κ1) is 107. The predicted molar refractivity (Wildman–Crippen MR) is 572 cm³/mol. The van der Waals surface area contributed by atoms with Crippen LogP contribution >= 0.6 is 138 Å². The monoisotopic (exact) mass is 2070 g/mol. The zero-order chi connectivity index (χ0) is 97.4. The van der Waals surface area contributed by atoms with Crippen molar-refractivity contribution in [3.63, 3.8) is 0 Å². The standard InChI is InChI=1S/C28H29Cl2N3OS.C22H19Cl2N3OS.C21H19Cl2N3OS.C20H17Cl2N3OS.3C5H11N/c1-18-26(28(34)31-21-9-3-2-4-10-21)32-33(24-15-12-20(29)17-23(24)30)27(18)25-16-14-22(35-25)13-11-19-7-5-6-8-19;1-13-20(22(25)28)26-27(18-10-7-15(23)12-17(18)24)21(13)19-11-9-16(29-19)8-6-14-4-2-3-5-14;1-3-4-5-6-7-15-9-11-18(28-15)20-13(2)19(21(24)27)25-26(20)17-10-8-14(22)12-16(17)23;1-3-4-5-6-14-8-10-17(27-14)19-12(2)18(20(23)26)24-25(19)16-9-7-13(21)11-15(16)22;3*1-2-4-6-5-3-1/h12,14-17,19,21H,2-10H2,1H3,(H,31,34);7,9-12,14H,2-5H2,1H3,(H2,25,28);8-12H,3-5H2,1-2H3,(H2,24,27);7-11H,3-4H2,1-2H3,(H2,23,26);3*6H,1-5H2. The predicted octanol–water partition coefficient (Wildman–Crippen LogP) is 27.3. The Morgan fingerprint density at radius 1 is 0.358 bits per heavy atom. The third-order valence-electron chi connectivity index (χ3n) is 23.8. The molecule has 720 valence electrons. The number of unbranched alkanes of at least 4 members (excludes halogenated alkanes) is 3. The number of hydrogen-bond acceptors (Lipinski definition) is 15. The maximum Gasteiger partial charge on any atom is 0.272 e. The minimum atomic E-state index is -0.586. The van der Waals surface area contributed by atoms with E-state index in [-0.39, 0.29) is 29.0 Å². The third-order valence-corrected chi connectivity index (χ3v) is 30.0. The Labute approximate surface area is 861 Å². The Balaban J connectivity index is 0.000000154. The van der Waals surface area contributed by atoms with Gasteiger partial charge in [-0.05, 0) is 278 Å². The summed E-state index contributed by atoms with van der Waals surface area (Å²) in [6.07, 6.45) is 33.1. The first-order valence-corrected chi connectivity index (χ1v) is 53.5. The molecule has 0 atom stereocenters. The number of hydrogen-bond donors (Lipinski definition) is 7. The molecule has 19 nitrogen and oxygen atoms in total. The number of thiophene rings is 4. The van der Waals surface area contributed by atoms with Crippen molar-refractivity contribution in [3.05, 3.63) is 226 Å². The molecule has 12 aromatic rings. The van der Waals surface area contributed by atoms with E-state index in [9.17, 15) is 19.2 Å². The Morgan fingerprint density at radius 2 is 0.635 bits per heavy atom. The largest absolute Gasteiger partial charge is 0.364 e. The fourth-order valence-corrected chi connectivity index (χ4v) is 22.4. The molecule has 3 saturated carbocycles. The van der Waals surface area contributed by atoms with Crippen LogP contribution in [0, 0.1) is 86.9 Å². The highest BCUT2D eigenvalue weighted by molar-refractivity contribution is 7.17. The van der Waals surface area contributed by atoms with Gasteiger partial charge in [-0.3, -0.25) is 19.2 Å². The van der Waals surface area contributed by atoms with Crippen LogP contribution in [0.3, 0.4) is 0 Å². The summed E-state index contributed by atoms with van der Waals surface area (Å²) in [4.78, 5) is 56.7. The van der Waals surface area contributed by atoms with Crippen molar-refractivity contribution in [1.29, 1.82) is 0 Å². The van der Waals surface area contributed by atoms with E-state index < -0.39 is 17.7 Å². The van der Waals surface area contributed by atoms with Crippen molar-refractivity contribution in [3.8, 4) is 112 Å². The second-order valence-electron chi connectivity index (χ2n) is 34.3.